The van der Waals surface area contributed by atoms with E-state index in [0.29, 0.717) is 23.0 Å². The van der Waals surface area contributed by atoms with Crippen LogP contribution in [-0.2, 0) is 5.67 Å². The van der Waals surface area contributed by atoms with Crippen LogP contribution in [0.15, 0.2) is 18.2 Å². The molecule has 2 nitrogen and oxygen atoms in total. The van der Waals surface area contributed by atoms with Crippen molar-refractivity contribution < 1.29 is 4.39 Å². The molecule has 1 heterocycles. The van der Waals surface area contributed by atoms with Crippen LogP contribution in [0.25, 0.3) is 0 Å². The van der Waals surface area contributed by atoms with Gasteiger partial charge in [0.1, 0.15) is 5.67 Å². The molecule has 2 atom stereocenters. The van der Waals surface area contributed by atoms with E-state index < -0.39 is 5.67 Å². The van der Waals surface area contributed by atoms with E-state index in [1.807, 2.05) is 12.1 Å². The molecule has 106 valence electrons. The van der Waals surface area contributed by atoms with E-state index in [1.165, 1.54) is 0 Å². The van der Waals surface area contributed by atoms with Gasteiger partial charge in [0.25, 0.3) is 0 Å². The average molecular weight is 285 g/mol. The smallest absolute Gasteiger partial charge is 0.130 e. The monoisotopic (exact) mass is 284 g/mol. The third-order valence-corrected chi connectivity index (χ3v) is 4.34. The van der Waals surface area contributed by atoms with Crippen molar-refractivity contribution in [2.24, 2.45) is 11.7 Å². The summed E-state index contributed by atoms with van der Waals surface area (Å²) in [6.07, 6.45) is 1.02. The third kappa shape index (κ3) is 3.10. The predicted octanol–water partition coefficient (Wildman–Crippen LogP) is 3.50. The topological polar surface area (TPSA) is 29.3 Å². The quantitative estimate of drug-likeness (QED) is 0.920. The Bertz CT molecular complexity index is 456. The van der Waals surface area contributed by atoms with E-state index in [2.05, 4.69) is 11.9 Å². The van der Waals surface area contributed by atoms with Crippen molar-refractivity contribution in [2.75, 3.05) is 20.1 Å². The molecule has 2 N–H and O–H groups in total. The molecule has 4 heteroatoms. The van der Waals surface area contributed by atoms with Gasteiger partial charge >= 0.3 is 0 Å². The summed E-state index contributed by atoms with van der Waals surface area (Å²) in [5, 5.41) is 0.651. The molecule has 0 radical (unpaired) electrons. The molecular weight excluding hydrogens is 263 g/mol. The molecule has 0 bridgehead atoms. The number of hydrogen-bond donors (Lipinski definition) is 1. The standard InChI is InChI=1S/C15H22ClFN2/c1-15(2,17)11-4-5-12(13(16)7-11)14-6-10(8-18)9-19(14)3/h4-5,7,10,14H,6,8-9,18H2,1-3H3. The van der Waals surface area contributed by atoms with Crippen molar-refractivity contribution >= 4 is 11.6 Å². The number of likely N-dealkylation sites (tertiary alicyclic amines) is 1. The molecule has 1 saturated heterocycles. The van der Waals surface area contributed by atoms with Gasteiger partial charge in [-0.15, -0.1) is 0 Å². The summed E-state index contributed by atoms with van der Waals surface area (Å²) in [5.41, 5.74) is 6.09. The van der Waals surface area contributed by atoms with E-state index in [0.717, 1.165) is 18.5 Å². The van der Waals surface area contributed by atoms with Crippen LogP contribution in [0.2, 0.25) is 5.02 Å². The molecule has 0 spiro atoms. The number of nitrogens with two attached hydrogens (primary N) is 1. The van der Waals surface area contributed by atoms with Crippen LogP contribution in [-0.4, -0.2) is 25.0 Å². The molecule has 1 aromatic rings. The molecule has 1 aliphatic heterocycles. The fourth-order valence-electron chi connectivity index (χ4n) is 2.81. The predicted molar refractivity (Wildman–Crippen MR) is 78.1 cm³/mol. The number of alkyl halides is 1. The van der Waals surface area contributed by atoms with Crippen LogP contribution in [0.1, 0.15) is 37.4 Å². The summed E-state index contributed by atoms with van der Waals surface area (Å²) in [5.74, 6) is 0.517. The van der Waals surface area contributed by atoms with E-state index in [1.54, 1.807) is 19.9 Å². The highest BCUT2D eigenvalue weighted by molar-refractivity contribution is 6.31. The Balaban J connectivity index is 2.27. The van der Waals surface area contributed by atoms with Crippen LogP contribution in [0, 0.1) is 5.92 Å². The maximum Gasteiger partial charge on any atom is 0.130 e. The van der Waals surface area contributed by atoms with Gasteiger partial charge in [-0.3, -0.25) is 4.90 Å². The van der Waals surface area contributed by atoms with Gasteiger partial charge in [-0.2, -0.15) is 0 Å². The minimum Gasteiger partial charge on any atom is -0.330 e. The van der Waals surface area contributed by atoms with Crippen molar-refractivity contribution in [1.82, 2.24) is 4.90 Å². The minimum absolute atomic E-state index is 0.290. The third-order valence-electron chi connectivity index (χ3n) is 4.01. The van der Waals surface area contributed by atoms with Gasteiger partial charge in [0.2, 0.25) is 0 Å². The highest BCUT2D eigenvalue weighted by Crippen LogP contribution is 2.38. The summed E-state index contributed by atoms with van der Waals surface area (Å²) >= 11 is 6.35. The van der Waals surface area contributed by atoms with Gasteiger partial charge in [-0.1, -0.05) is 23.7 Å². The SMILES string of the molecule is CN1CC(CN)CC1c1ccc(C(C)(C)F)cc1Cl. The normalized spacial score (nSPS) is 24.9. The second-order valence-corrected chi connectivity index (χ2v) is 6.41. The van der Waals surface area contributed by atoms with Crippen LogP contribution in [0.4, 0.5) is 4.39 Å². The maximum atomic E-state index is 13.9. The summed E-state index contributed by atoms with van der Waals surface area (Å²) in [4.78, 5) is 2.28. The van der Waals surface area contributed by atoms with Crippen molar-refractivity contribution in [1.29, 1.82) is 0 Å². The Labute approximate surface area is 119 Å². The van der Waals surface area contributed by atoms with Crippen molar-refractivity contribution in [2.45, 2.75) is 32.0 Å². The zero-order chi connectivity index (χ0) is 14.2. The molecule has 0 saturated carbocycles. The minimum atomic E-state index is -1.36. The first-order valence-electron chi connectivity index (χ1n) is 6.72. The average Bonchev–Trinajstić information content (AvgIpc) is 2.69. The fraction of sp³-hybridized carbons (Fsp3) is 0.600. The van der Waals surface area contributed by atoms with E-state index in [4.69, 9.17) is 17.3 Å². The highest BCUT2D eigenvalue weighted by Gasteiger charge is 2.31. The zero-order valence-corrected chi connectivity index (χ0v) is 12.5. The van der Waals surface area contributed by atoms with E-state index in [9.17, 15) is 4.39 Å². The van der Waals surface area contributed by atoms with Crippen LogP contribution >= 0.6 is 11.6 Å². The number of benzene rings is 1. The first-order valence-corrected chi connectivity index (χ1v) is 7.10. The number of hydrogen-bond acceptors (Lipinski definition) is 2. The largest absolute Gasteiger partial charge is 0.330 e. The molecule has 0 amide bonds. The Hall–Kier alpha value is -0.640. The summed E-state index contributed by atoms with van der Waals surface area (Å²) in [6.45, 7) is 4.79. The molecule has 0 aliphatic carbocycles. The molecule has 0 aromatic heterocycles. The number of rotatable bonds is 3. The van der Waals surface area contributed by atoms with Crippen molar-refractivity contribution in [3.05, 3.63) is 34.3 Å². The van der Waals surface area contributed by atoms with E-state index in [-0.39, 0.29) is 6.04 Å². The lowest BCUT2D eigenvalue weighted by atomic mass is 9.95. The van der Waals surface area contributed by atoms with Crippen molar-refractivity contribution in [3.63, 3.8) is 0 Å². The maximum absolute atomic E-state index is 13.9. The molecule has 1 fully saturated rings. The second kappa shape index (κ2) is 5.39. The zero-order valence-electron chi connectivity index (χ0n) is 11.8. The molecule has 2 unspecified atom stereocenters. The number of nitrogens with zero attached hydrogens (tertiary/aromatic N) is 1. The summed E-state index contributed by atoms with van der Waals surface area (Å²) in [6, 6.07) is 5.84. The first-order chi connectivity index (χ1) is 8.82. The van der Waals surface area contributed by atoms with E-state index >= 15 is 0 Å². The lowest BCUT2D eigenvalue weighted by Crippen LogP contribution is -2.21. The molecule has 1 aliphatic rings. The van der Waals surface area contributed by atoms with Crippen LogP contribution in [0.5, 0.6) is 0 Å². The van der Waals surface area contributed by atoms with Gasteiger partial charge in [-0.05, 0) is 57.0 Å². The summed E-state index contributed by atoms with van der Waals surface area (Å²) in [7, 11) is 2.09. The Morgan fingerprint density at radius 2 is 2.16 bits per heavy atom. The Morgan fingerprint density at radius 3 is 2.63 bits per heavy atom. The van der Waals surface area contributed by atoms with Gasteiger partial charge in [0, 0.05) is 17.6 Å². The summed E-state index contributed by atoms with van der Waals surface area (Å²) < 4.78 is 13.9. The van der Waals surface area contributed by atoms with Crippen molar-refractivity contribution in [3.8, 4) is 0 Å². The lowest BCUT2D eigenvalue weighted by molar-refractivity contribution is 0.221. The highest BCUT2D eigenvalue weighted by atomic mass is 35.5. The second-order valence-electron chi connectivity index (χ2n) is 6.00. The molecular formula is C15H22ClFN2. The lowest BCUT2D eigenvalue weighted by Gasteiger charge is -2.22. The molecule has 2 rings (SSSR count). The molecule has 1 aromatic carbocycles. The first kappa shape index (κ1) is 14.8. The van der Waals surface area contributed by atoms with Crippen LogP contribution in [0.3, 0.4) is 0 Å². The van der Waals surface area contributed by atoms with Gasteiger partial charge in [-0.25, -0.2) is 4.39 Å². The van der Waals surface area contributed by atoms with Gasteiger partial charge in [0.15, 0.2) is 0 Å². The Morgan fingerprint density at radius 1 is 1.47 bits per heavy atom. The van der Waals surface area contributed by atoms with Gasteiger partial charge in [0.05, 0.1) is 0 Å². The fourth-order valence-corrected chi connectivity index (χ4v) is 3.11. The van der Waals surface area contributed by atoms with Gasteiger partial charge < -0.3 is 5.73 Å². The number of halogens is 2. The molecule has 19 heavy (non-hydrogen) atoms. The van der Waals surface area contributed by atoms with Crippen LogP contribution < -0.4 is 5.73 Å². The Kier molecular flexibility index (Phi) is 4.19.